The second kappa shape index (κ2) is 7.05. The SMILES string of the molecule is C[C@@H](O)[C@@]12O[C@]13c1cc(O)c4c(c1NC2C#C/C=C\C#C[C@H]3O)C(=O)c1c(CN)cccc1C4=O. The number of ether oxygens (including phenoxy) is 1. The summed E-state index contributed by atoms with van der Waals surface area (Å²) >= 11 is 0. The molecule has 0 saturated carbocycles. The van der Waals surface area contributed by atoms with Gasteiger partial charge < -0.3 is 31.1 Å². The molecule has 0 aromatic heterocycles. The van der Waals surface area contributed by atoms with Gasteiger partial charge in [0.1, 0.15) is 11.8 Å². The molecule has 174 valence electrons. The number of nitrogens with two attached hydrogens (primary N) is 1. The van der Waals surface area contributed by atoms with E-state index < -0.39 is 46.8 Å². The van der Waals surface area contributed by atoms with Crippen LogP contribution in [0.4, 0.5) is 5.69 Å². The zero-order valence-electron chi connectivity index (χ0n) is 18.5. The number of allylic oxidation sites excluding steroid dienone is 2. The number of aromatic hydroxyl groups is 1. The Morgan fingerprint density at radius 3 is 2.60 bits per heavy atom. The highest BCUT2D eigenvalue weighted by Crippen LogP contribution is 2.67. The van der Waals surface area contributed by atoms with E-state index in [0.717, 1.165) is 0 Å². The number of phenolic OH excluding ortho intramolecular Hbond substituents is 1. The van der Waals surface area contributed by atoms with Crippen LogP contribution < -0.4 is 11.1 Å². The minimum Gasteiger partial charge on any atom is -0.507 e. The van der Waals surface area contributed by atoms with Crippen molar-refractivity contribution in [3.05, 3.63) is 69.8 Å². The van der Waals surface area contributed by atoms with Crippen molar-refractivity contribution in [1.29, 1.82) is 0 Å². The van der Waals surface area contributed by atoms with Crippen LogP contribution in [0.15, 0.2) is 36.4 Å². The zero-order chi connectivity index (χ0) is 24.7. The van der Waals surface area contributed by atoms with Gasteiger partial charge >= 0.3 is 0 Å². The quantitative estimate of drug-likeness (QED) is 0.210. The van der Waals surface area contributed by atoms with E-state index in [4.69, 9.17) is 10.5 Å². The van der Waals surface area contributed by atoms with E-state index in [-0.39, 0.29) is 40.0 Å². The highest BCUT2D eigenvalue weighted by molar-refractivity contribution is 6.32. The molecular weight excluding hydrogens is 448 g/mol. The summed E-state index contributed by atoms with van der Waals surface area (Å²) in [4.78, 5) is 27.3. The van der Waals surface area contributed by atoms with Crippen LogP contribution in [0.25, 0.3) is 0 Å². The van der Waals surface area contributed by atoms with Gasteiger partial charge in [-0.05, 0) is 30.7 Å². The molecule has 6 rings (SSSR count). The summed E-state index contributed by atoms with van der Waals surface area (Å²) in [7, 11) is 0. The van der Waals surface area contributed by atoms with Crippen molar-refractivity contribution in [3.63, 3.8) is 0 Å². The number of aliphatic hydroxyl groups excluding tert-OH is 2. The maximum Gasteiger partial charge on any atom is 0.198 e. The first-order valence-corrected chi connectivity index (χ1v) is 11.1. The first-order valence-electron chi connectivity index (χ1n) is 11.1. The van der Waals surface area contributed by atoms with Gasteiger partial charge in [-0.25, -0.2) is 0 Å². The predicted octanol–water partition coefficient (Wildman–Crippen LogP) is 0.703. The fraction of sp³-hybridized carbons (Fsp3) is 0.259. The highest BCUT2D eigenvalue weighted by atomic mass is 16.7. The highest BCUT2D eigenvalue weighted by Gasteiger charge is 2.82. The number of aliphatic hydroxyl groups is 2. The Balaban J connectivity index is 1.69. The van der Waals surface area contributed by atoms with Gasteiger partial charge in [-0.2, -0.15) is 0 Å². The van der Waals surface area contributed by atoms with E-state index in [0.29, 0.717) is 5.56 Å². The Morgan fingerprint density at radius 1 is 1.14 bits per heavy atom. The number of rotatable bonds is 2. The maximum atomic E-state index is 13.9. The van der Waals surface area contributed by atoms with Crippen LogP contribution in [0.2, 0.25) is 0 Å². The van der Waals surface area contributed by atoms with Crippen LogP contribution in [0.5, 0.6) is 5.75 Å². The number of epoxide rings is 1. The molecule has 2 heterocycles. The van der Waals surface area contributed by atoms with Gasteiger partial charge in [0.05, 0.1) is 22.9 Å². The Labute approximate surface area is 200 Å². The Morgan fingerprint density at radius 2 is 1.89 bits per heavy atom. The number of hydrogen-bond acceptors (Lipinski definition) is 8. The third-order valence-corrected chi connectivity index (χ3v) is 7.29. The van der Waals surface area contributed by atoms with E-state index in [1.165, 1.54) is 31.2 Å². The normalized spacial score (nSPS) is 30.5. The number of hydrogen-bond donors (Lipinski definition) is 5. The lowest BCUT2D eigenvalue weighted by Gasteiger charge is -2.37. The summed E-state index contributed by atoms with van der Waals surface area (Å²) in [6.07, 6.45) is 0.456. The van der Waals surface area contributed by atoms with Crippen LogP contribution in [0, 0.1) is 23.7 Å². The number of anilines is 1. The monoisotopic (exact) mass is 468 g/mol. The molecule has 1 fully saturated rings. The molecule has 2 aromatic rings. The number of nitrogens with one attached hydrogen (secondary N) is 1. The van der Waals surface area contributed by atoms with Crippen molar-refractivity contribution in [3.8, 4) is 29.4 Å². The molecule has 6 N–H and O–H groups in total. The minimum atomic E-state index is -1.59. The van der Waals surface area contributed by atoms with E-state index in [1.807, 2.05) is 0 Å². The smallest absolute Gasteiger partial charge is 0.198 e. The van der Waals surface area contributed by atoms with Crippen LogP contribution in [0.3, 0.4) is 0 Å². The van der Waals surface area contributed by atoms with Crippen LogP contribution in [0.1, 0.15) is 49.9 Å². The molecule has 2 aliphatic carbocycles. The van der Waals surface area contributed by atoms with E-state index >= 15 is 0 Å². The second-order valence-corrected chi connectivity index (χ2v) is 8.97. The van der Waals surface area contributed by atoms with Gasteiger partial charge in [-0.1, -0.05) is 41.9 Å². The number of ketones is 2. The van der Waals surface area contributed by atoms with Gasteiger partial charge in [0.25, 0.3) is 0 Å². The van der Waals surface area contributed by atoms with Gasteiger partial charge in [0.15, 0.2) is 28.9 Å². The number of fused-ring (bicyclic) bond motifs is 4. The molecule has 0 amide bonds. The molecule has 1 unspecified atom stereocenters. The molecule has 35 heavy (non-hydrogen) atoms. The molecule has 0 spiro atoms. The Kier molecular flexibility index (Phi) is 4.35. The summed E-state index contributed by atoms with van der Waals surface area (Å²) < 4.78 is 6.15. The molecule has 8 heteroatoms. The zero-order valence-corrected chi connectivity index (χ0v) is 18.5. The summed E-state index contributed by atoms with van der Waals surface area (Å²) in [5.74, 6) is 9.80. The lowest BCUT2D eigenvalue weighted by atomic mass is 9.69. The fourth-order valence-corrected chi connectivity index (χ4v) is 5.73. The summed E-state index contributed by atoms with van der Waals surface area (Å²) in [5, 5.41) is 36.2. The van der Waals surface area contributed by atoms with Crippen molar-refractivity contribution in [2.75, 3.05) is 5.32 Å². The Bertz CT molecular complexity index is 1520. The van der Waals surface area contributed by atoms with E-state index in [1.54, 1.807) is 12.1 Å². The van der Waals surface area contributed by atoms with Crippen LogP contribution >= 0.6 is 0 Å². The van der Waals surface area contributed by atoms with Crippen LogP contribution in [-0.4, -0.2) is 50.7 Å². The first-order chi connectivity index (χ1) is 16.8. The molecule has 4 aliphatic rings. The number of carbonyl (C=O) groups is 2. The third-order valence-electron chi connectivity index (χ3n) is 7.29. The molecular formula is C27H20N2O6. The molecule has 8 nitrogen and oxygen atoms in total. The average molecular weight is 468 g/mol. The summed E-state index contributed by atoms with van der Waals surface area (Å²) in [6, 6.07) is 5.27. The number of benzene rings is 2. The summed E-state index contributed by atoms with van der Waals surface area (Å²) in [5.41, 5.74) is 3.91. The van der Waals surface area contributed by atoms with Crippen molar-refractivity contribution < 1.29 is 29.6 Å². The summed E-state index contributed by atoms with van der Waals surface area (Å²) in [6.45, 7) is 1.56. The van der Waals surface area contributed by atoms with E-state index in [2.05, 4.69) is 29.0 Å². The van der Waals surface area contributed by atoms with Crippen LogP contribution in [-0.2, 0) is 16.9 Å². The van der Waals surface area contributed by atoms with Gasteiger partial charge in [0.2, 0.25) is 0 Å². The predicted molar refractivity (Wildman–Crippen MR) is 125 cm³/mol. The molecule has 5 atom stereocenters. The second-order valence-electron chi connectivity index (χ2n) is 8.97. The maximum absolute atomic E-state index is 13.9. The van der Waals surface area contributed by atoms with E-state index in [9.17, 15) is 24.9 Å². The molecule has 0 radical (unpaired) electrons. The molecule has 2 aromatic carbocycles. The van der Waals surface area contributed by atoms with Crippen molar-refractivity contribution in [2.24, 2.45) is 5.73 Å². The first kappa shape index (κ1) is 21.6. The largest absolute Gasteiger partial charge is 0.507 e. The average Bonchev–Trinajstić information content (AvgIpc) is 3.57. The third kappa shape index (κ3) is 2.47. The minimum absolute atomic E-state index is 0.0406. The molecule has 2 aliphatic heterocycles. The fourth-order valence-electron chi connectivity index (χ4n) is 5.73. The topological polar surface area (TPSA) is 145 Å². The van der Waals surface area contributed by atoms with Gasteiger partial charge in [-0.3, -0.25) is 9.59 Å². The Hall–Kier alpha value is -3.92. The van der Waals surface area contributed by atoms with Crippen molar-refractivity contribution in [2.45, 2.75) is 42.9 Å². The van der Waals surface area contributed by atoms with Crippen molar-refractivity contribution in [1.82, 2.24) is 0 Å². The lowest BCUT2D eigenvalue weighted by Crippen LogP contribution is -2.54. The van der Waals surface area contributed by atoms with Gasteiger partial charge in [0, 0.05) is 23.2 Å². The molecule has 2 bridgehead atoms. The van der Waals surface area contributed by atoms with Crippen molar-refractivity contribution >= 4 is 17.3 Å². The lowest BCUT2D eigenvalue weighted by molar-refractivity contribution is 0.0867. The number of carbonyl (C=O) groups excluding carboxylic acids is 2. The van der Waals surface area contributed by atoms with Gasteiger partial charge in [-0.15, -0.1) is 0 Å². The standard InChI is InChI=1S/C27H20N2O6/c1-13(30)26-18-9-4-2-3-5-10-19(32)27(26,35-26)16-11-17(31)21-22(23(16)29-18)25(34)20-14(12-28)7-6-8-15(20)24(21)33/h2-3,6-8,11,13,18-19,29-32H,12,28H2,1H3/b3-2-/t13-,18?,19-,26+,27+/m1/s1. The number of phenols is 1. The molecule has 1 saturated heterocycles.